The first-order chi connectivity index (χ1) is 4.52. The van der Waals surface area contributed by atoms with Crippen molar-refractivity contribution in [2.24, 2.45) is 0 Å². The lowest BCUT2D eigenvalue weighted by Crippen LogP contribution is -2.43. The molecule has 0 aromatic carbocycles. The van der Waals surface area contributed by atoms with E-state index in [1.807, 2.05) is 18.7 Å². The standard InChI is InChI=1S/C8H19NO/c1-5-7-9(6-2)8(3,4)10/h10H,5-7H2,1-4H3. The highest BCUT2D eigenvalue weighted by molar-refractivity contribution is 4.66. The van der Waals surface area contributed by atoms with E-state index in [2.05, 4.69) is 13.8 Å². The Kier molecular flexibility index (Phi) is 3.91. The van der Waals surface area contributed by atoms with E-state index in [1.165, 1.54) is 0 Å². The molecule has 62 valence electrons. The maximum atomic E-state index is 9.53. The average Bonchev–Trinajstić information content (AvgIpc) is 1.80. The highest BCUT2D eigenvalue weighted by atomic mass is 16.3. The summed E-state index contributed by atoms with van der Waals surface area (Å²) in [6.07, 6.45) is 1.10. The van der Waals surface area contributed by atoms with Gasteiger partial charge in [-0.05, 0) is 26.8 Å². The fourth-order valence-corrected chi connectivity index (χ4v) is 1.09. The van der Waals surface area contributed by atoms with Crippen molar-refractivity contribution < 1.29 is 5.11 Å². The second-order valence-electron chi connectivity index (χ2n) is 3.07. The summed E-state index contributed by atoms with van der Waals surface area (Å²) in [5.74, 6) is 0. The van der Waals surface area contributed by atoms with Crippen molar-refractivity contribution in [3.05, 3.63) is 0 Å². The summed E-state index contributed by atoms with van der Waals surface area (Å²) >= 11 is 0. The molecule has 0 saturated carbocycles. The molecule has 0 spiro atoms. The van der Waals surface area contributed by atoms with Crippen LogP contribution >= 0.6 is 0 Å². The second kappa shape index (κ2) is 3.94. The summed E-state index contributed by atoms with van der Waals surface area (Å²) in [4.78, 5) is 2.05. The molecule has 0 aliphatic rings. The normalized spacial score (nSPS) is 12.6. The summed E-state index contributed by atoms with van der Waals surface area (Å²) in [5.41, 5.74) is -0.648. The smallest absolute Gasteiger partial charge is 0.112 e. The summed E-state index contributed by atoms with van der Waals surface area (Å²) in [6.45, 7) is 9.72. The Hall–Kier alpha value is -0.0800. The highest BCUT2D eigenvalue weighted by Crippen LogP contribution is 2.09. The van der Waals surface area contributed by atoms with Gasteiger partial charge in [0.2, 0.25) is 0 Å². The third kappa shape index (κ3) is 3.18. The first-order valence-corrected chi connectivity index (χ1v) is 3.99. The summed E-state index contributed by atoms with van der Waals surface area (Å²) in [5, 5.41) is 9.53. The van der Waals surface area contributed by atoms with Gasteiger partial charge in [-0.3, -0.25) is 4.90 Å². The molecule has 10 heavy (non-hydrogen) atoms. The molecular weight excluding hydrogens is 126 g/mol. The molecule has 0 aromatic heterocycles. The first kappa shape index (κ1) is 9.92. The van der Waals surface area contributed by atoms with Gasteiger partial charge in [-0.2, -0.15) is 0 Å². The molecule has 0 heterocycles. The lowest BCUT2D eigenvalue weighted by atomic mass is 10.2. The van der Waals surface area contributed by atoms with E-state index in [0.717, 1.165) is 19.5 Å². The van der Waals surface area contributed by atoms with Gasteiger partial charge in [0.05, 0.1) is 0 Å². The van der Waals surface area contributed by atoms with E-state index < -0.39 is 5.72 Å². The fourth-order valence-electron chi connectivity index (χ4n) is 1.09. The monoisotopic (exact) mass is 145 g/mol. The Morgan fingerprint density at radius 3 is 1.90 bits per heavy atom. The summed E-state index contributed by atoms with van der Waals surface area (Å²) in [7, 11) is 0. The molecule has 0 aliphatic heterocycles. The third-order valence-electron chi connectivity index (χ3n) is 1.65. The molecule has 0 rings (SSSR count). The van der Waals surface area contributed by atoms with Gasteiger partial charge in [0.15, 0.2) is 0 Å². The maximum Gasteiger partial charge on any atom is 0.112 e. The fraction of sp³-hybridized carbons (Fsp3) is 1.00. The zero-order valence-electron chi connectivity index (χ0n) is 7.52. The van der Waals surface area contributed by atoms with Crippen LogP contribution in [-0.2, 0) is 0 Å². The van der Waals surface area contributed by atoms with Crippen LogP contribution in [0.15, 0.2) is 0 Å². The van der Waals surface area contributed by atoms with Crippen LogP contribution in [0.4, 0.5) is 0 Å². The van der Waals surface area contributed by atoms with Crippen LogP contribution in [-0.4, -0.2) is 28.8 Å². The topological polar surface area (TPSA) is 23.5 Å². The Morgan fingerprint density at radius 2 is 1.80 bits per heavy atom. The van der Waals surface area contributed by atoms with Crippen molar-refractivity contribution >= 4 is 0 Å². The molecule has 0 atom stereocenters. The molecule has 2 heteroatoms. The Morgan fingerprint density at radius 1 is 1.30 bits per heavy atom. The Balaban J connectivity index is 3.81. The predicted octanol–water partition coefficient (Wildman–Crippen LogP) is 1.45. The zero-order valence-corrected chi connectivity index (χ0v) is 7.52. The van der Waals surface area contributed by atoms with E-state index in [9.17, 15) is 5.11 Å². The van der Waals surface area contributed by atoms with Crippen LogP contribution < -0.4 is 0 Å². The van der Waals surface area contributed by atoms with Gasteiger partial charge in [0.1, 0.15) is 5.72 Å². The van der Waals surface area contributed by atoms with Crippen LogP contribution in [0.1, 0.15) is 34.1 Å². The molecule has 0 aliphatic carbocycles. The lowest BCUT2D eigenvalue weighted by Gasteiger charge is -2.32. The van der Waals surface area contributed by atoms with Crippen LogP contribution in [0.2, 0.25) is 0 Å². The summed E-state index contributed by atoms with van der Waals surface area (Å²) < 4.78 is 0. The molecule has 0 unspecified atom stereocenters. The minimum atomic E-state index is -0.648. The van der Waals surface area contributed by atoms with Crippen molar-refractivity contribution in [2.45, 2.75) is 39.8 Å². The molecule has 0 radical (unpaired) electrons. The van der Waals surface area contributed by atoms with E-state index in [-0.39, 0.29) is 0 Å². The van der Waals surface area contributed by atoms with Gasteiger partial charge in [-0.25, -0.2) is 0 Å². The van der Waals surface area contributed by atoms with E-state index in [0.29, 0.717) is 0 Å². The van der Waals surface area contributed by atoms with Gasteiger partial charge >= 0.3 is 0 Å². The lowest BCUT2D eigenvalue weighted by molar-refractivity contribution is -0.0753. The molecule has 0 saturated heterocycles. The maximum absolute atomic E-state index is 9.53. The average molecular weight is 145 g/mol. The van der Waals surface area contributed by atoms with Crippen molar-refractivity contribution in [3.8, 4) is 0 Å². The largest absolute Gasteiger partial charge is 0.376 e. The molecular formula is C8H19NO. The zero-order chi connectivity index (χ0) is 8.20. The van der Waals surface area contributed by atoms with Crippen molar-refractivity contribution in [2.75, 3.05) is 13.1 Å². The number of hydrogen-bond donors (Lipinski definition) is 1. The SMILES string of the molecule is CCCN(CC)C(C)(C)O. The number of hydrogen-bond acceptors (Lipinski definition) is 2. The molecule has 0 fully saturated rings. The van der Waals surface area contributed by atoms with Crippen LogP contribution in [0, 0.1) is 0 Å². The Bertz CT molecular complexity index is 85.7. The van der Waals surface area contributed by atoms with Crippen molar-refractivity contribution in [3.63, 3.8) is 0 Å². The molecule has 2 nitrogen and oxygen atoms in total. The molecule has 0 bridgehead atoms. The van der Waals surface area contributed by atoms with Gasteiger partial charge in [0, 0.05) is 6.54 Å². The van der Waals surface area contributed by atoms with Gasteiger partial charge in [0.25, 0.3) is 0 Å². The minimum Gasteiger partial charge on any atom is -0.376 e. The van der Waals surface area contributed by atoms with E-state index >= 15 is 0 Å². The van der Waals surface area contributed by atoms with Gasteiger partial charge in [-0.1, -0.05) is 13.8 Å². The van der Waals surface area contributed by atoms with Gasteiger partial charge in [-0.15, -0.1) is 0 Å². The molecule has 1 N–H and O–H groups in total. The van der Waals surface area contributed by atoms with E-state index in [1.54, 1.807) is 0 Å². The molecule has 0 amide bonds. The summed E-state index contributed by atoms with van der Waals surface area (Å²) in [6, 6.07) is 0. The number of aliphatic hydroxyl groups is 1. The number of nitrogens with zero attached hydrogens (tertiary/aromatic N) is 1. The predicted molar refractivity (Wildman–Crippen MR) is 43.8 cm³/mol. The van der Waals surface area contributed by atoms with Crippen molar-refractivity contribution in [1.29, 1.82) is 0 Å². The quantitative estimate of drug-likeness (QED) is 0.605. The van der Waals surface area contributed by atoms with Crippen LogP contribution in [0.3, 0.4) is 0 Å². The number of rotatable bonds is 4. The minimum absolute atomic E-state index is 0.648. The Labute approximate surface area is 63.8 Å². The van der Waals surface area contributed by atoms with Crippen LogP contribution in [0.25, 0.3) is 0 Å². The van der Waals surface area contributed by atoms with Crippen molar-refractivity contribution in [1.82, 2.24) is 4.90 Å². The molecule has 0 aromatic rings. The van der Waals surface area contributed by atoms with Crippen LogP contribution in [0.5, 0.6) is 0 Å². The second-order valence-corrected chi connectivity index (χ2v) is 3.07. The van der Waals surface area contributed by atoms with E-state index in [4.69, 9.17) is 0 Å². The third-order valence-corrected chi connectivity index (χ3v) is 1.65. The highest BCUT2D eigenvalue weighted by Gasteiger charge is 2.19. The first-order valence-electron chi connectivity index (χ1n) is 3.99. The van der Waals surface area contributed by atoms with Gasteiger partial charge < -0.3 is 5.11 Å².